The number of hydrogen-bond donors (Lipinski definition) is 1. The summed E-state index contributed by atoms with van der Waals surface area (Å²) in [6.45, 7) is 5.39. The van der Waals surface area contributed by atoms with Crippen LogP contribution in [0.2, 0.25) is 0 Å². The Labute approximate surface area is 136 Å². The van der Waals surface area contributed by atoms with Gasteiger partial charge >= 0.3 is 0 Å². The maximum Gasteiger partial charge on any atom is 0.252 e. The van der Waals surface area contributed by atoms with Crippen molar-refractivity contribution in [2.24, 2.45) is 5.92 Å². The van der Waals surface area contributed by atoms with Gasteiger partial charge in [-0.05, 0) is 24.5 Å². The minimum Gasteiger partial charge on any atom is -0.497 e. The zero-order valence-corrected chi connectivity index (χ0v) is 14.1. The Morgan fingerprint density at radius 1 is 1.09 bits per heavy atom. The van der Waals surface area contributed by atoms with E-state index in [2.05, 4.69) is 5.32 Å². The van der Waals surface area contributed by atoms with Gasteiger partial charge in [0.05, 0.1) is 14.2 Å². The zero-order valence-electron chi connectivity index (χ0n) is 14.1. The van der Waals surface area contributed by atoms with Crippen molar-refractivity contribution in [1.29, 1.82) is 0 Å². The number of amides is 2. The number of carbonyl (C=O) groups excluding carboxylic acids is 2. The molecule has 0 aromatic heterocycles. The highest BCUT2D eigenvalue weighted by atomic mass is 16.5. The molecule has 2 rings (SSSR count). The van der Waals surface area contributed by atoms with Crippen molar-refractivity contribution in [1.82, 2.24) is 10.2 Å². The van der Waals surface area contributed by atoms with Gasteiger partial charge in [-0.25, -0.2) is 0 Å². The highest BCUT2D eigenvalue weighted by Crippen LogP contribution is 2.23. The molecule has 1 saturated heterocycles. The van der Waals surface area contributed by atoms with Gasteiger partial charge in [0.2, 0.25) is 5.91 Å². The van der Waals surface area contributed by atoms with Crippen LogP contribution >= 0.6 is 0 Å². The van der Waals surface area contributed by atoms with Crippen LogP contribution in [0.25, 0.3) is 0 Å². The Morgan fingerprint density at radius 2 is 1.65 bits per heavy atom. The molecule has 23 heavy (non-hydrogen) atoms. The fourth-order valence-electron chi connectivity index (χ4n) is 2.41. The van der Waals surface area contributed by atoms with Gasteiger partial charge in [-0.2, -0.15) is 0 Å². The largest absolute Gasteiger partial charge is 0.497 e. The molecule has 0 aliphatic carbocycles. The zero-order chi connectivity index (χ0) is 17.0. The number of methoxy groups -OCH3 is 2. The van der Waals surface area contributed by atoms with Crippen LogP contribution in [0, 0.1) is 5.92 Å². The third kappa shape index (κ3) is 3.94. The van der Waals surface area contributed by atoms with E-state index in [0.717, 1.165) is 19.5 Å². The van der Waals surface area contributed by atoms with Crippen LogP contribution < -0.4 is 14.8 Å². The standard InChI is InChI=1S/C17H24N2O4/c1-11(2)15(17(21)19-6-5-7-19)18-16(20)12-8-13(22-3)10-14(9-12)23-4/h8-11,15H,5-7H2,1-4H3,(H,18,20)/t15-/m1/s1. The van der Waals surface area contributed by atoms with Crippen LogP contribution in [-0.2, 0) is 4.79 Å². The fourth-order valence-corrected chi connectivity index (χ4v) is 2.41. The Hall–Kier alpha value is -2.24. The summed E-state index contributed by atoms with van der Waals surface area (Å²) in [6, 6.07) is 4.43. The molecule has 1 heterocycles. The lowest BCUT2D eigenvalue weighted by molar-refractivity contribution is -0.137. The number of nitrogens with zero attached hydrogens (tertiary/aromatic N) is 1. The third-order valence-electron chi connectivity index (χ3n) is 4.00. The monoisotopic (exact) mass is 320 g/mol. The lowest BCUT2D eigenvalue weighted by Crippen LogP contribution is -2.55. The summed E-state index contributed by atoms with van der Waals surface area (Å²) in [5, 5.41) is 2.84. The second-order valence-corrected chi connectivity index (χ2v) is 5.98. The van der Waals surface area contributed by atoms with Crippen molar-refractivity contribution in [3.63, 3.8) is 0 Å². The maximum absolute atomic E-state index is 12.5. The first-order valence-corrected chi connectivity index (χ1v) is 7.79. The number of rotatable bonds is 6. The summed E-state index contributed by atoms with van der Waals surface area (Å²) < 4.78 is 10.4. The molecule has 1 N–H and O–H groups in total. The molecule has 1 atom stereocenters. The van der Waals surface area contributed by atoms with Gasteiger partial charge in [-0.3, -0.25) is 9.59 Å². The molecule has 0 radical (unpaired) electrons. The third-order valence-corrected chi connectivity index (χ3v) is 4.00. The van der Waals surface area contributed by atoms with Crippen LogP contribution in [0.1, 0.15) is 30.6 Å². The van der Waals surface area contributed by atoms with Crippen LogP contribution in [-0.4, -0.2) is 50.1 Å². The second kappa shape index (κ2) is 7.35. The summed E-state index contributed by atoms with van der Waals surface area (Å²) in [5.74, 6) is 0.748. The summed E-state index contributed by atoms with van der Waals surface area (Å²) in [6.07, 6.45) is 1.03. The number of likely N-dealkylation sites (tertiary alicyclic amines) is 1. The van der Waals surface area contributed by atoms with Crippen molar-refractivity contribution >= 4 is 11.8 Å². The molecular formula is C17H24N2O4. The Balaban J connectivity index is 2.16. The van der Waals surface area contributed by atoms with Crippen LogP contribution in [0.15, 0.2) is 18.2 Å². The first kappa shape index (κ1) is 17.1. The van der Waals surface area contributed by atoms with Crippen molar-refractivity contribution in [3.8, 4) is 11.5 Å². The van der Waals surface area contributed by atoms with E-state index >= 15 is 0 Å². The molecule has 1 aliphatic rings. The molecule has 0 saturated carbocycles. The molecule has 1 aliphatic heterocycles. The van der Waals surface area contributed by atoms with Crippen LogP contribution in [0.4, 0.5) is 0 Å². The minimum atomic E-state index is -0.528. The first-order valence-electron chi connectivity index (χ1n) is 7.79. The van der Waals surface area contributed by atoms with E-state index in [-0.39, 0.29) is 17.7 Å². The number of carbonyl (C=O) groups is 2. The van der Waals surface area contributed by atoms with E-state index in [1.165, 1.54) is 14.2 Å². The fraction of sp³-hybridized carbons (Fsp3) is 0.529. The van der Waals surface area contributed by atoms with Gasteiger partial charge in [0.25, 0.3) is 5.91 Å². The number of hydrogen-bond acceptors (Lipinski definition) is 4. The molecule has 0 unspecified atom stereocenters. The molecule has 1 aromatic carbocycles. The van der Waals surface area contributed by atoms with E-state index in [1.54, 1.807) is 23.1 Å². The lowest BCUT2D eigenvalue weighted by atomic mass is 10.0. The summed E-state index contributed by atoms with van der Waals surface area (Å²) >= 11 is 0. The van der Waals surface area contributed by atoms with Crippen molar-refractivity contribution in [3.05, 3.63) is 23.8 Å². The second-order valence-electron chi connectivity index (χ2n) is 5.98. The topological polar surface area (TPSA) is 67.9 Å². The predicted molar refractivity (Wildman–Crippen MR) is 86.8 cm³/mol. The van der Waals surface area contributed by atoms with E-state index in [9.17, 15) is 9.59 Å². The molecule has 6 nitrogen and oxygen atoms in total. The van der Waals surface area contributed by atoms with E-state index in [4.69, 9.17) is 9.47 Å². The Bertz CT molecular complexity index is 560. The van der Waals surface area contributed by atoms with Gasteiger partial charge in [-0.1, -0.05) is 13.8 Å². The van der Waals surface area contributed by atoms with E-state index in [1.807, 2.05) is 13.8 Å². The number of ether oxygens (including phenoxy) is 2. The van der Waals surface area contributed by atoms with E-state index < -0.39 is 6.04 Å². The summed E-state index contributed by atoms with van der Waals surface area (Å²) in [5.41, 5.74) is 0.406. The molecule has 1 aromatic rings. The smallest absolute Gasteiger partial charge is 0.252 e. The molecule has 0 bridgehead atoms. The van der Waals surface area contributed by atoms with Crippen LogP contribution in [0.3, 0.4) is 0 Å². The van der Waals surface area contributed by atoms with Crippen molar-refractivity contribution in [2.75, 3.05) is 27.3 Å². The maximum atomic E-state index is 12.5. The molecule has 0 spiro atoms. The SMILES string of the molecule is COc1cc(OC)cc(C(=O)N[C@@H](C(=O)N2CCC2)C(C)C)c1. The molecule has 6 heteroatoms. The van der Waals surface area contributed by atoms with Crippen LogP contribution in [0.5, 0.6) is 11.5 Å². The Morgan fingerprint density at radius 3 is 2.04 bits per heavy atom. The molecular weight excluding hydrogens is 296 g/mol. The quantitative estimate of drug-likeness (QED) is 0.866. The molecule has 2 amide bonds. The number of benzene rings is 1. The predicted octanol–water partition coefficient (Wildman–Crippen LogP) is 1.69. The van der Waals surface area contributed by atoms with E-state index in [0.29, 0.717) is 17.1 Å². The average Bonchev–Trinajstić information content (AvgIpc) is 2.49. The van der Waals surface area contributed by atoms with Gasteiger partial charge in [0, 0.05) is 24.7 Å². The average molecular weight is 320 g/mol. The molecule has 1 fully saturated rings. The van der Waals surface area contributed by atoms with Crippen molar-refractivity contribution in [2.45, 2.75) is 26.3 Å². The first-order chi connectivity index (χ1) is 11.0. The van der Waals surface area contributed by atoms with Crippen molar-refractivity contribution < 1.29 is 19.1 Å². The summed E-state index contributed by atoms with van der Waals surface area (Å²) in [4.78, 5) is 26.8. The summed E-state index contributed by atoms with van der Waals surface area (Å²) in [7, 11) is 3.06. The Kier molecular flexibility index (Phi) is 5.47. The lowest BCUT2D eigenvalue weighted by Gasteiger charge is -2.35. The van der Waals surface area contributed by atoms with Gasteiger partial charge < -0.3 is 19.7 Å². The molecule has 126 valence electrons. The highest BCUT2D eigenvalue weighted by Gasteiger charge is 2.31. The minimum absolute atomic E-state index is 0.0135. The van der Waals surface area contributed by atoms with Gasteiger partial charge in [0.1, 0.15) is 17.5 Å². The van der Waals surface area contributed by atoms with Gasteiger partial charge in [0.15, 0.2) is 0 Å². The normalized spacial score (nSPS) is 14.9. The van der Waals surface area contributed by atoms with Gasteiger partial charge in [-0.15, -0.1) is 0 Å². The highest BCUT2D eigenvalue weighted by molar-refractivity contribution is 5.98. The number of nitrogens with one attached hydrogen (secondary N) is 1.